The number of ether oxygens (including phenoxy) is 1. The van der Waals surface area contributed by atoms with Crippen LogP contribution in [0.2, 0.25) is 0 Å². The average Bonchev–Trinajstić information content (AvgIpc) is 2.16. The fourth-order valence-electron chi connectivity index (χ4n) is 0.902. The Bertz CT molecular complexity index is 299. The van der Waals surface area contributed by atoms with E-state index in [1.54, 1.807) is 19.2 Å². The molecule has 0 aliphatic heterocycles. The zero-order valence-corrected chi connectivity index (χ0v) is 7.38. The van der Waals surface area contributed by atoms with Gasteiger partial charge in [0.15, 0.2) is 0 Å². The summed E-state index contributed by atoms with van der Waals surface area (Å²) in [4.78, 5) is 0. The minimum atomic E-state index is 0.258. The van der Waals surface area contributed by atoms with E-state index in [1.165, 1.54) is 0 Å². The molecule has 0 saturated carbocycles. The van der Waals surface area contributed by atoms with Crippen molar-refractivity contribution in [2.45, 2.75) is 0 Å². The number of nitrogens with zero attached hydrogens (tertiary/aromatic N) is 1. The number of hydrogen-bond donors (Lipinski definition) is 1. The molecule has 0 aliphatic rings. The Morgan fingerprint density at radius 3 is 2.75 bits per heavy atom. The molecule has 0 aromatic heterocycles. The highest BCUT2D eigenvalue weighted by Crippen LogP contribution is 2.16. The number of rotatable bonds is 2. The van der Waals surface area contributed by atoms with Gasteiger partial charge in [0.1, 0.15) is 11.6 Å². The lowest BCUT2D eigenvalue weighted by Gasteiger charge is -2.05. The highest BCUT2D eigenvalue weighted by Gasteiger charge is 2.04. The third-order valence-corrected chi connectivity index (χ3v) is 1.66. The molecule has 0 atom stereocenters. The third-order valence-electron chi connectivity index (χ3n) is 1.47. The van der Waals surface area contributed by atoms with Crippen molar-refractivity contribution in [1.29, 1.82) is 0 Å². The van der Waals surface area contributed by atoms with Crippen LogP contribution in [0.5, 0.6) is 5.75 Å². The van der Waals surface area contributed by atoms with Crippen LogP contribution in [0, 0.1) is 0 Å². The largest absolute Gasteiger partial charge is 0.496 e. The Labute approximate surface area is 75.9 Å². The van der Waals surface area contributed by atoms with Gasteiger partial charge in [0.2, 0.25) is 0 Å². The Morgan fingerprint density at radius 2 is 2.17 bits per heavy atom. The Kier molecular flexibility index (Phi) is 2.94. The van der Waals surface area contributed by atoms with E-state index in [-0.39, 0.29) is 5.84 Å². The van der Waals surface area contributed by atoms with Gasteiger partial charge in [0.05, 0.1) is 12.7 Å². The second-order valence-corrected chi connectivity index (χ2v) is 2.34. The molecule has 12 heavy (non-hydrogen) atoms. The topological polar surface area (TPSA) is 47.6 Å². The number of benzene rings is 1. The Morgan fingerprint density at radius 1 is 1.50 bits per heavy atom. The van der Waals surface area contributed by atoms with Crippen molar-refractivity contribution in [2.24, 2.45) is 10.2 Å². The van der Waals surface area contributed by atoms with Gasteiger partial charge in [0.25, 0.3) is 0 Å². The van der Waals surface area contributed by atoms with E-state index in [0.717, 1.165) is 0 Å². The van der Waals surface area contributed by atoms with Crippen molar-refractivity contribution < 1.29 is 4.74 Å². The summed E-state index contributed by atoms with van der Waals surface area (Å²) >= 11 is 5.22. The van der Waals surface area contributed by atoms with E-state index in [2.05, 4.69) is 4.51 Å². The predicted octanol–water partition coefficient (Wildman–Crippen LogP) is 1.55. The second-order valence-electron chi connectivity index (χ2n) is 2.17. The standard InChI is InChI=1S/C8H9ClN2O/c1-12-7-5-3-2-4-6(7)8(10)11-9/h2-5H,1H3,(H2,10,11). The van der Waals surface area contributed by atoms with Crippen LogP contribution in [-0.2, 0) is 0 Å². The maximum Gasteiger partial charge on any atom is 0.148 e. The van der Waals surface area contributed by atoms with Crippen molar-refractivity contribution >= 4 is 17.6 Å². The van der Waals surface area contributed by atoms with Crippen LogP contribution in [0.4, 0.5) is 0 Å². The smallest absolute Gasteiger partial charge is 0.148 e. The molecular weight excluding hydrogens is 176 g/mol. The van der Waals surface area contributed by atoms with Crippen LogP contribution in [0.15, 0.2) is 28.8 Å². The van der Waals surface area contributed by atoms with Gasteiger partial charge in [0, 0.05) is 11.8 Å². The molecule has 0 saturated heterocycles. The van der Waals surface area contributed by atoms with Gasteiger partial charge in [-0.2, -0.15) is 4.51 Å². The van der Waals surface area contributed by atoms with E-state index in [0.29, 0.717) is 11.3 Å². The molecular formula is C8H9ClN2O. The van der Waals surface area contributed by atoms with Crippen LogP contribution in [0.3, 0.4) is 0 Å². The molecule has 3 nitrogen and oxygen atoms in total. The lowest BCUT2D eigenvalue weighted by atomic mass is 10.2. The predicted molar refractivity (Wildman–Crippen MR) is 49.6 cm³/mol. The molecule has 0 radical (unpaired) electrons. The van der Waals surface area contributed by atoms with Crippen LogP contribution < -0.4 is 10.5 Å². The van der Waals surface area contributed by atoms with Gasteiger partial charge in [-0.05, 0) is 12.1 Å². The number of nitrogens with two attached hydrogens (primary N) is 1. The minimum absolute atomic E-state index is 0.258. The van der Waals surface area contributed by atoms with Crippen LogP contribution in [0.1, 0.15) is 5.56 Å². The fourth-order valence-corrected chi connectivity index (χ4v) is 0.993. The molecule has 0 bridgehead atoms. The number of halogens is 1. The lowest BCUT2D eigenvalue weighted by Crippen LogP contribution is -2.13. The molecule has 1 rings (SSSR count). The zero-order valence-electron chi connectivity index (χ0n) is 6.62. The molecule has 64 valence electrons. The van der Waals surface area contributed by atoms with Crippen molar-refractivity contribution in [3.05, 3.63) is 29.8 Å². The van der Waals surface area contributed by atoms with Gasteiger partial charge in [-0.3, -0.25) is 0 Å². The molecule has 0 aliphatic carbocycles. The summed E-state index contributed by atoms with van der Waals surface area (Å²) in [6.45, 7) is 0. The summed E-state index contributed by atoms with van der Waals surface area (Å²) < 4.78 is 8.40. The minimum Gasteiger partial charge on any atom is -0.496 e. The first kappa shape index (κ1) is 8.87. The van der Waals surface area contributed by atoms with Crippen molar-refractivity contribution in [3.63, 3.8) is 0 Å². The highest BCUT2D eigenvalue weighted by molar-refractivity contribution is 6.22. The normalized spacial score (nSPS) is 11.3. The van der Waals surface area contributed by atoms with Crippen molar-refractivity contribution in [1.82, 2.24) is 0 Å². The molecule has 0 spiro atoms. The SMILES string of the molecule is COc1ccccc1/C(N)=N/Cl. The summed E-state index contributed by atoms with van der Waals surface area (Å²) in [5, 5.41) is 0. The maximum absolute atomic E-state index is 5.51. The number of para-hydroxylation sites is 1. The molecule has 0 fully saturated rings. The molecule has 2 N–H and O–H groups in total. The van der Waals surface area contributed by atoms with Gasteiger partial charge < -0.3 is 10.5 Å². The lowest BCUT2D eigenvalue weighted by molar-refractivity contribution is 0.414. The molecule has 4 heteroatoms. The number of hydrogen-bond acceptors (Lipinski definition) is 2. The van der Waals surface area contributed by atoms with Crippen LogP contribution >= 0.6 is 11.8 Å². The number of methoxy groups -OCH3 is 1. The number of amidine groups is 1. The average molecular weight is 185 g/mol. The van der Waals surface area contributed by atoms with Crippen LogP contribution in [0.25, 0.3) is 0 Å². The van der Waals surface area contributed by atoms with E-state index >= 15 is 0 Å². The summed E-state index contributed by atoms with van der Waals surface area (Å²) in [5.41, 5.74) is 6.21. The summed E-state index contributed by atoms with van der Waals surface area (Å²) in [7, 11) is 1.57. The monoisotopic (exact) mass is 184 g/mol. The molecule has 0 heterocycles. The highest BCUT2D eigenvalue weighted by atomic mass is 35.5. The quantitative estimate of drug-likeness (QED) is 0.560. The van der Waals surface area contributed by atoms with Gasteiger partial charge >= 0.3 is 0 Å². The van der Waals surface area contributed by atoms with E-state index in [4.69, 9.17) is 22.2 Å². The van der Waals surface area contributed by atoms with Crippen LogP contribution in [-0.4, -0.2) is 12.9 Å². The van der Waals surface area contributed by atoms with E-state index in [9.17, 15) is 0 Å². The summed E-state index contributed by atoms with van der Waals surface area (Å²) in [6.07, 6.45) is 0. The van der Waals surface area contributed by atoms with Gasteiger partial charge in [-0.25, -0.2) is 0 Å². The summed E-state index contributed by atoms with van der Waals surface area (Å²) in [5.74, 6) is 0.925. The molecule has 0 unspecified atom stereocenters. The molecule has 1 aromatic rings. The molecule has 0 amide bonds. The third kappa shape index (κ3) is 1.68. The second kappa shape index (κ2) is 3.97. The first-order chi connectivity index (χ1) is 5.79. The van der Waals surface area contributed by atoms with Gasteiger partial charge in [-0.15, -0.1) is 0 Å². The zero-order chi connectivity index (χ0) is 8.97. The van der Waals surface area contributed by atoms with E-state index in [1.807, 2.05) is 12.1 Å². The fraction of sp³-hybridized carbons (Fsp3) is 0.125. The van der Waals surface area contributed by atoms with Crippen molar-refractivity contribution in [3.8, 4) is 5.75 Å². The summed E-state index contributed by atoms with van der Waals surface area (Å²) in [6, 6.07) is 7.28. The van der Waals surface area contributed by atoms with Crippen molar-refractivity contribution in [2.75, 3.05) is 7.11 Å². The maximum atomic E-state index is 5.51. The Hall–Kier alpha value is -1.22. The first-order valence-corrected chi connectivity index (χ1v) is 3.71. The van der Waals surface area contributed by atoms with E-state index < -0.39 is 0 Å². The Balaban J connectivity index is 3.13. The molecule has 1 aromatic carbocycles. The first-order valence-electron chi connectivity index (χ1n) is 3.37. The van der Waals surface area contributed by atoms with Gasteiger partial charge in [-0.1, -0.05) is 12.1 Å².